The summed E-state index contributed by atoms with van der Waals surface area (Å²) in [5.41, 5.74) is -6.83. The first-order valence-corrected chi connectivity index (χ1v) is 15.7. The van der Waals surface area contributed by atoms with E-state index in [1.807, 2.05) is 6.92 Å². The maximum Gasteiger partial charge on any atom is 0.308 e. The summed E-state index contributed by atoms with van der Waals surface area (Å²) in [5.74, 6) is -7.66. The van der Waals surface area contributed by atoms with Gasteiger partial charge in [0.1, 0.15) is 17.8 Å². The van der Waals surface area contributed by atoms with Gasteiger partial charge in [0, 0.05) is 47.0 Å². The van der Waals surface area contributed by atoms with Gasteiger partial charge in [-0.1, -0.05) is 41.5 Å². The SMILES string of the molecule is COC(=O)C[C@H]1C(C)(C)[C@H](OC(C)=O)[C@]2(O)[C@@H](OC(=O)C(C)C)[C@@]34OC2(O)[C@]1(C)[C@H]3CC[C@]1(C)[C@H]4CC(=O)O[C@H]1c1ccoc1. The molecule has 248 valence electrons. The van der Waals surface area contributed by atoms with Crippen molar-refractivity contribution in [3.8, 4) is 0 Å². The molecule has 2 aliphatic carbocycles. The lowest BCUT2D eigenvalue weighted by Gasteiger charge is -2.70. The third-order valence-corrected chi connectivity index (χ3v) is 12.3. The molecule has 2 bridgehead atoms. The summed E-state index contributed by atoms with van der Waals surface area (Å²) in [6.07, 6.45) is -0.190. The van der Waals surface area contributed by atoms with Crippen LogP contribution in [0.3, 0.4) is 0 Å². The van der Waals surface area contributed by atoms with E-state index in [1.165, 1.54) is 26.6 Å². The molecule has 12 nitrogen and oxygen atoms in total. The standard InChI is InChI=1S/C33H44O12/c1-16(2)25(37)44-27-31-19(9-11-29(6)21(31)14-23(36)43-24(29)18-10-12-41-15-18)30(7)20(13-22(35)40-8)28(4,5)26(42-17(3)34)32(27,38)33(30,39)45-31/h10,12,15-16,19-21,24,26-27,38-39H,9,11,13-14H2,1-8H3/t19-,20+,21-,24+,26+,27+,29-,30-,31-,32+,33?/m1/s1. The molecule has 3 aliphatic heterocycles. The minimum atomic E-state index is -2.49. The summed E-state index contributed by atoms with van der Waals surface area (Å²) in [4.78, 5) is 52.6. The molecule has 0 radical (unpaired) electrons. The van der Waals surface area contributed by atoms with Gasteiger partial charge in [-0.25, -0.2) is 0 Å². The zero-order chi connectivity index (χ0) is 33.1. The molecular formula is C33H44O12. The Kier molecular flexibility index (Phi) is 6.95. The Morgan fingerprint density at radius 2 is 1.76 bits per heavy atom. The van der Waals surface area contributed by atoms with E-state index in [0.29, 0.717) is 18.4 Å². The number of aliphatic hydroxyl groups is 2. The summed E-state index contributed by atoms with van der Waals surface area (Å²) < 4.78 is 35.4. The smallest absolute Gasteiger partial charge is 0.308 e. The molecule has 1 spiro atoms. The van der Waals surface area contributed by atoms with E-state index >= 15 is 0 Å². The van der Waals surface area contributed by atoms with Gasteiger partial charge in [-0.2, -0.15) is 0 Å². The van der Waals surface area contributed by atoms with Crippen LogP contribution in [0.5, 0.6) is 0 Å². The number of cyclic esters (lactones) is 1. The van der Waals surface area contributed by atoms with Crippen LogP contribution in [-0.4, -0.2) is 70.4 Å². The fourth-order valence-electron chi connectivity index (χ4n) is 10.5. The Morgan fingerprint density at radius 1 is 1.07 bits per heavy atom. The summed E-state index contributed by atoms with van der Waals surface area (Å²) >= 11 is 0. The zero-order valence-electron chi connectivity index (χ0n) is 27.1. The topological polar surface area (TPSA) is 168 Å². The number of ether oxygens (including phenoxy) is 5. The number of hydrogen-bond donors (Lipinski definition) is 2. The average molecular weight is 633 g/mol. The molecule has 12 heteroatoms. The lowest BCUT2D eigenvalue weighted by atomic mass is 9.35. The van der Waals surface area contributed by atoms with Crippen LogP contribution >= 0.6 is 0 Å². The predicted octanol–water partition coefficient (Wildman–Crippen LogP) is 3.23. The molecule has 5 fully saturated rings. The first-order chi connectivity index (χ1) is 20.9. The van der Waals surface area contributed by atoms with E-state index < -0.39 is 99.1 Å². The van der Waals surface area contributed by atoms with Crippen molar-refractivity contribution < 1.29 is 57.5 Å². The maximum absolute atomic E-state index is 13.5. The molecule has 1 aromatic rings. The Labute approximate surface area is 262 Å². The third-order valence-electron chi connectivity index (χ3n) is 12.3. The zero-order valence-corrected chi connectivity index (χ0v) is 27.1. The van der Waals surface area contributed by atoms with Crippen molar-refractivity contribution in [2.75, 3.05) is 7.11 Å². The van der Waals surface area contributed by atoms with Gasteiger partial charge in [0.15, 0.2) is 11.7 Å². The minimum absolute atomic E-state index is 0.150. The van der Waals surface area contributed by atoms with Gasteiger partial charge in [-0.3, -0.25) is 19.2 Å². The van der Waals surface area contributed by atoms with Crippen molar-refractivity contribution in [2.24, 2.45) is 39.9 Å². The van der Waals surface area contributed by atoms with Crippen LogP contribution in [0.2, 0.25) is 0 Å². The number of esters is 4. The Balaban J connectivity index is 1.64. The van der Waals surface area contributed by atoms with E-state index in [-0.39, 0.29) is 12.8 Å². The van der Waals surface area contributed by atoms with Gasteiger partial charge in [0.25, 0.3) is 0 Å². The van der Waals surface area contributed by atoms with Crippen molar-refractivity contribution in [1.82, 2.24) is 0 Å². The highest BCUT2D eigenvalue weighted by molar-refractivity contribution is 5.74. The highest BCUT2D eigenvalue weighted by atomic mass is 16.7. The van der Waals surface area contributed by atoms with Gasteiger partial charge >= 0.3 is 23.9 Å². The van der Waals surface area contributed by atoms with E-state index in [1.54, 1.807) is 40.7 Å². The fourth-order valence-corrected chi connectivity index (χ4v) is 10.5. The molecule has 6 rings (SSSR count). The van der Waals surface area contributed by atoms with E-state index in [0.717, 1.165) is 0 Å². The molecule has 3 saturated heterocycles. The molecule has 4 heterocycles. The molecule has 2 saturated carbocycles. The molecule has 5 aliphatic rings. The van der Waals surface area contributed by atoms with Gasteiger partial charge in [-0.15, -0.1) is 0 Å². The van der Waals surface area contributed by atoms with Crippen molar-refractivity contribution in [1.29, 1.82) is 0 Å². The second kappa shape index (κ2) is 9.78. The van der Waals surface area contributed by atoms with Crippen LogP contribution in [0.25, 0.3) is 0 Å². The number of furan rings is 1. The van der Waals surface area contributed by atoms with Crippen LogP contribution in [-0.2, 0) is 42.9 Å². The fraction of sp³-hybridized carbons (Fsp3) is 0.758. The lowest BCUT2D eigenvalue weighted by Crippen LogP contribution is -2.85. The number of methoxy groups -OCH3 is 1. The van der Waals surface area contributed by atoms with Crippen molar-refractivity contribution >= 4 is 23.9 Å². The maximum atomic E-state index is 13.5. The van der Waals surface area contributed by atoms with Crippen LogP contribution in [0, 0.1) is 39.9 Å². The lowest BCUT2D eigenvalue weighted by molar-refractivity contribution is -0.385. The number of hydrogen-bond acceptors (Lipinski definition) is 12. The highest BCUT2D eigenvalue weighted by Crippen LogP contribution is 2.82. The molecule has 0 amide bonds. The molecule has 1 aromatic heterocycles. The van der Waals surface area contributed by atoms with Crippen LogP contribution in [0.1, 0.15) is 85.8 Å². The molecule has 45 heavy (non-hydrogen) atoms. The van der Waals surface area contributed by atoms with Crippen LogP contribution in [0.15, 0.2) is 23.0 Å². The van der Waals surface area contributed by atoms with Gasteiger partial charge in [0.2, 0.25) is 5.79 Å². The van der Waals surface area contributed by atoms with E-state index in [9.17, 15) is 29.4 Å². The van der Waals surface area contributed by atoms with Crippen molar-refractivity contribution in [3.63, 3.8) is 0 Å². The first kappa shape index (κ1) is 32.0. The summed E-state index contributed by atoms with van der Waals surface area (Å²) in [6, 6.07) is 1.72. The van der Waals surface area contributed by atoms with Crippen LogP contribution < -0.4 is 0 Å². The molecule has 11 atom stereocenters. The molecule has 0 aromatic carbocycles. The van der Waals surface area contributed by atoms with Crippen LogP contribution in [0.4, 0.5) is 0 Å². The number of rotatable bonds is 6. The van der Waals surface area contributed by atoms with Gasteiger partial charge < -0.3 is 38.3 Å². The Bertz CT molecular complexity index is 1420. The second-order valence-electron chi connectivity index (χ2n) is 15.1. The quantitative estimate of drug-likeness (QED) is 0.348. The molecule has 1 unspecified atom stereocenters. The summed E-state index contributed by atoms with van der Waals surface area (Å²) in [6.45, 7) is 11.7. The van der Waals surface area contributed by atoms with Gasteiger partial charge in [-0.05, 0) is 24.8 Å². The highest BCUT2D eigenvalue weighted by Gasteiger charge is 2.96. The third kappa shape index (κ3) is 3.70. The second-order valence-corrected chi connectivity index (χ2v) is 15.1. The first-order valence-electron chi connectivity index (χ1n) is 15.7. The summed E-state index contributed by atoms with van der Waals surface area (Å²) in [7, 11) is 1.27. The summed E-state index contributed by atoms with van der Waals surface area (Å²) in [5, 5.41) is 26.1. The van der Waals surface area contributed by atoms with E-state index in [2.05, 4.69) is 0 Å². The van der Waals surface area contributed by atoms with Gasteiger partial charge in [0.05, 0.1) is 32.0 Å². The van der Waals surface area contributed by atoms with E-state index in [4.69, 9.17) is 28.1 Å². The largest absolute Gasteiger partial charge is 0.472 e. The molecule has 2 N–H and O–H groups in total. The molecular weight excluding hydrogens is 588 g/mol. The monoisotopic (exact) mass is 632 g/mol. The number of carbonyl (C=O) groups excluding carboxylic acids is 4. The van der Waals surface area contributed by atoms with Crippen molar-refractivity contribution in [3.05, 3.63) is 24.2 Å². The minimum Gasteiger partial charge on any atom is -0.472 e. The Hall–Kier alpha value is -2.96. The normalized spacial score (nSPS) is 45.7. The number of fused-ring (bicyclic) bond motifs is 2. The number of carbonyl (C=O) groups is 4. The van der Waals surface area contributed by atoms with Crippen molar-refractivity contribution in [2.45, 2.75) is 109 Å². The predicted molar refractivity (Wildman–Crippen MR) is 152 cm³/mol. The average Bonchev–Trinajstić information content (AvgIpc) is 3.61. The Morgan fingerprint density at radius 3 is 2.33 bits per heavy atom.